The van der Waals surface area contributed by atoms with Crippen molar-refractivity contribution in [2.45, 2.75) is 6.04 Å². The Hall–Kier alpha value is -1.71. The molecule has 0 spiro atoms. The van der Waals surface area contributed by atoms with Crippen LogP contribution in [0.5, 0.6) is 5.75 Å². The van der Waals surface area contributed by atoms with Crippen LogP contribution in [0.4, 0.5) is 4.39 Å². The van der Waals surface area contributed by atoms with Gasteiger partial charge in [0, 0.05) is 26.1 Å². The minimum absolute atomic E-state index is 0.0764. The summed E-state index contributed by atoms with van der Waals surface area (Å²) >= 11 is 0. The lowest BCUT2D eigenvalue weighted by molar-refractivity contribution is 0.0923. The van der Waals surface area contributed by atoms with Crippen molar-refractivity contribution in [1.82, 2.24) is 9.62 Å². The standard InChI is InChI=1S/C14H19FN2O5S/c1-17(2)23(20,21)8-9-6-22-7-12(9)16-14(19)11-4-3-10(15)5-13(11)18/h3-5,9,12,18H,6-8H2,1-2H3,(H,16,19). The number of carbonyl (C=O) groups is 1. The number of benzene rings is 1. The minimum Gasteiger partial charge on any atom is -0.507 e. The molecule has 0 radical (unpaired) electrons. The molecule has 1 fully saturated rings. The smallest absolute Gasteiger partial charge is 0.255 e. The molecule has 128 valence electrons. The Kier molecular flexibility index (Phi) is 5.23. The third-order valence-electron chi connectivity index (χ3n) is 3.70. The van der Waals surface area contributed by atoms with Gasteiger partial charge in [0.2, 0.25) is 10.0 Å². The first-order chi connectivity index (χ1) is 10.7. The number of nitrogens with one attached hydrogen (secondary N) is 1. The number of rotatable bonds is 5. The topological polar surface area (TPSA) is 95.9 Å². The number of nitrogens with zero attached hydrogens (tertiary/aromatic N) is 1. The van der Waals surface area contributed by atoms with Gasteiger partial charge in [-0.3, -0.25) is 4.79 Å². The van der Waals surface area contributed by atoms with Crippen LogP contribution in [0.1, 0.15) is 10.4 Å². The molecule has 0 saturated carbocycles. The van der Waals surface area contributed by atoms with E-state index >= 15 is 0 Å². The van der Waals surface area contributed by atoms with E-state index < -0.39 is 39.5 Å². The largest absolute Gasteiger partial charge is 0.507 e. The molecular weight excluding hydrogens is 327 g/mol. The predicted molar refractivity (Wildman–Crippen MR) is 81.1 cm³/mol. The third kappa shape index (κ3) is 4.18. The molecule has 2 atom stereocenters. The van der Waals surface area contributed by atoms with E-state index in [-0.39, 0.29) is 24.5 Å². The highest BCUT2D eigenvalue weighted by atomic mass is 32.2. The highest BCUT2D eigenvalue weighted by Crippen LogP contribution is 2.21. The van der Waals surface area contributed by atoms with E-state index in [0.29, 0.717) is 0 Å². The number of phenols is 1. The van der Waals surface area contributed by atoms with Crippen molar-refractivity contribution < 1.29 is 27.4 Å². The van der Waals surface area contributed by atoms with Gasteiger partial charge < -0.3 is 15.2 Å². The fourth-order valence-corrected chi connectivity index (χ4v) is 3.45. The first kappa shape index (κ1) is 17.6. The van der Waals surface area contributed by atoms with Crippen molar-refractivity contribution >= 4 is 15.9 Å². The Morgan fingerprint density at radius 2 is 2.13 bits per heavy atom. The van der Waals surface area contributed by atoms with Gasteiger partial charge in [-0.1, -0.05) is 0 Å². The van der Waals surface area contributed by atoms with E-state index in [4.69, 9.17) is 4.74 Å². The number of sulfonamides is 1. The number of hydrogen-bond acceptors (Lipinski definition) is 5. The van der Waals surface area contributed by atoms with Gasteiger partial charge in [0.1, 0.15) is 11.6 Å². The summed E-state index contributed by atoms with van der Waals surface area (Å²) in [6, 6.07) is 2.57. The minimum atomic E-state index is -3.43. The number of ether oxygens (including phenoxy) is 1. The monoisotopic (exact) mass is 346 g/mol. The van der Waals surface area contributed by atoms with Gasteiger partial charge in [-0.2, -0.15) is 0 Å². The Balaban J connectivity index is 2.08. The Labute approximate surface area is 134 Å². The van der Waals surface area contributed by atoms with Crippen LogP contribution in [0.25, 0.3) is 0 Å². The lowest BCUT2D eigenvalue weighted by Gasteiger charge is -2.21. The zero-order chi connectivity index (χ0) is 17.2. The van der Waals surface area contributed by atoms with Crippen LogP contribution < -0.4 is 5.32 Å². The Bertz CT molecular complexity index is 692. The first-order valence-corrected chi connectivity index (χ1v) is 8.59. The second kappa shape index (κ2) is 6.81. The van der Waals surface area contributed by atoms with Gasteiger partial charge in [0.05, 0.1) is 30.6 Å². The maximum Gasteiger partial charge on any atom is 0.255 e. The van der Waals surface area contributed by atoms with E-state index in [0.717, 1.165) is 16.4 Å². The normalized spacial score (nSPS) is 21.6. The van der Waals surface area contributed by atoms with Crippen LogP contribution in [-0.4, -0.2) is 62.8 Å². The van der Waals surface area contributed by atoms with Crippen LogP contribution in [0.15, 0.2) is 18.2 Å². The first-order valence-electron chi connectivity index (χ1n) is 6.98. The predicted octanol–water partition coefficient (Wildman–Crippen LogP) is 0.168. The highest BCUT2D eigenvalue weighted by Gasteiger charge is 2.34. The summed E-state index contributed by atoms with van der Waals surface area (Å²) in [7, 11) is -0.546. The molecule has 23 heavy (non-hydrogen) atoms. The van der Waals surface area contributed by atoms with Crippen LogP contribution in [-0.2, 0) is 14.8 Å². The van der Waals surface area contributed by atoms with Crippen molar-refractivity contribution in [3.63, 3.8) is 0 Å². The summed E-state index contributed by atoms with van der Waals surface area (Å²) in [5.74, 6) is -2.28. The van der Waals surface area contributed by atoms with E-state index in [1.54, 1.807) is 0 Å². The summed E-state index contributed by atoms with van der Waals surface area (Å²) < 4.78 is 43.2. The van der Waals surface area contributed by atoms with Gasteiger partial charge in [-0.25, -0.2) is 17.1 Å². The molecular formula is C14H19FN2O5S. The average molecular weight is 346 g/mol. The van der Waals surface area contributed by atoms with E-state index in [1.165, 1.54) is 20.2 Å². The fraction of sp³-hybridized carbons (Fsp3) is 0.500. The number of amides is 1. The number of phenolic OH excluding ortho intramolecular Hbond substituents is 1. The van der Waals surface area contributed by atoms with Crippen molar-refractivity contribution in [1.29, 1.82) is 0 Å². The molecule has 1 heterocycles. The van der Waals surface area contributed by atoms with E-state index in [1.807, 2.05) is 0 Å². The van der Waals surface area contributed by atoms with Gasteiger partial charge in [0.25, 0.3) is 5.91 Å². The van der Waals surface area contributed by atoms with Crippen LogP contribution in [0, 0.1) is 11.7 Å². The molecule has 0 aliphatic carbocycles. The molecule has 1 aromatic rings. The molecule has 2 rings (SSSR count). The summed E-state index contributed by atoms with van der Waals surface area (Å²) in [5.41, 5.74) is -0.0764. The Morgan fingerprint density at radius 1 is 1.43 bits per heavy atom. The summed E-state index contributed by atoms with van der Waals surface area (Å²) in [6.07, 6.45) is 0. The van der Waals surface area contributed by atoms with Crippen LogP contribution in [0.3, 0.4) is 0 Å². The lowest BCUT2D eigenvalue weighted by atomic mass is 10.1. The maximum absolute atomic E-state index is 13.0. The molecule has 7 nitrogen and oxygen atoms in total. The van der Waals surface area contributed by atoms with Gasteiger partial charge in [0.15, 0.2) is 0 Å². The second-order valence-corrected chi connectivity index (χ2v) is 7.83. The lowest BCUT2D eigenvalue weighted by Crippen LogP contribution is -2.43. The molecule has 1 amide bonds. The Morgan fingerprint density at radius 3 is 2.74 bits per heavy atom. The molecule has 0 aromatic heterocycles. The molecule has 1 aliphatic rings. The fourth-order valence-electron chi connectivity index (χ4n) is 2.28. The molecule has 1 aliphatic heterocycles. The molecule has 1 aromatic carbocycles. The highest BCUT2D eigenvalue weighted by molar-refractivity contribution is 7.89. The number of carbonyl (C=O) groups excluding carboxylic acids is 1. The second-order valence-electron chi connectivity index (χ2n) is 5.60. The van der Waals surface area contributed by atoms with Gasteiger partial charge in [-0.05, 0) is 12.1 Å². The van der Waals surface area contributed by atoms with E-state index in [9.17, 15) is 22.7 Å². The van der Waals surface area contributed by atoms with Crippen LogP contribution >= 0.6 is 0 Å². The number of halogens is 1. The van der Waals surface area contributed by atoms with Crippen molar-refractivity contribution in [2.24, 2.45) is 5.92 Å². The van der Waals surface area contributed by atoms with Gasteiger partial charge >= 0.3 is 0 Å². The summed E-state index contributed by atoms with van der Waals surface area (Å²) in [6.45, 7) is 0.398. The molecule has 0 bridgehead atoms. The SMILES string of the molecule is CN(C)S(=O)(=O)CC1COCC1NC(=O)c1ccc(F)cc1O. The molecule has 9 heteroatoms. The maximum atomic E-state index is 13.0. The van der Waals surface area contributed by atoms with Crippen molar-refractivity contribution in [2.75, 3.05) is 33.1 Å². The van der Waals surface area contributed by atoms with E-state index in [2.05, 4.69) is 5.32 Å². The number of hydrogen-bond donors (Lipinski definition) is 2. The van der Waals surface area contributed by atoms with Crippen LogP contribution in [0.2, 0.25) is 0 Å². The summed E-state index contributed by atoms with van der Waals surface area (Å²) in [5, 5.41) is 12.3. The molecule has 1 saturated heterocycles. The van der Waals surface area contributed by atoms with Gasteiger partial charge in [-0.15, -0.1) is 0 Å². The quantitative estimate of drug-likeness (QED) is 0.792. The number of aromatic hydroxyl groups is 1. The zero-order valence-corrected chi connectivity index (χ0v) is 13.6. The third-order valence-corrected chi connectivity index (χ3v) is 5.66. The average Bonchev–Trinajstić information content (AvgIpc) is 2.84. The van der Waals surface area contributed by atoms with Crippen molar-refractivity contribution in [3.8, 4) is 5.75 Å². The molecule has 2 unspecified atom stereocenters. The zero-order valence-electron chi connectivity index (χ0n) is 12.8. The van der Waals surface area contributed by atoms with Crippen molar-refractivity contribution in [3.05, 3.63) is 29.6 Å². The molecule has 2 N–H and O–H groups in total. The summed E-state index contributed by atoms with van der Waals surface area (Å²) in [4.78, 5) is 12.2.